The van der Waals surface area contributed by atoms with Crippen LogP contribution in [0.3, 0.4) is 0 Å². The lowest BCUT2D eigenvalue weighted by Crippen LogP contribution is -2.04. The maximum Gasteiger partial charge on any atom is 0.341 e. The Bertz CT molecular complexity index is 536. The molecule has 0 saturated carbocycles. The van der Waals surface area contributed by atoms with E-state index >= 15 is 0 Å². The smallest absolute Gasteiger partial charge is 0.341 e. The van der Waals surface area contributed by atoms with Crippen LogP contribution in [0.25, 0.3) is 5.52 Å². The second-order valence-electron chi connectivity index (χ2n) is 3.40. The number of hydrogen-bond acceptors (Lipinski definition) is 4. The Balaban J connectivity index is 2.42. The van der Waals surface area contributed by atoms with E-state index in [1.165, 1.54) is 0 Å². The highest BCUT2D eigenvalue weighted by Crippen LogP contribution is 2.21. The normalized spacial score (nSPS) is 10.7. The Morgan fingerprint density at radius 3 is 3.06 bits per heavy atom. The fraction of sp³-hybridized carbons (Fsp3) is 0.333. The van der Waals surface area contributed by atoms with Crippen LogP contribution >= 0.6 is 11.8 Å². The molecule has 0 spiro atoms. The minimum atomic E-state index is -0.318. The molecule has 0 bridgehead atoms. The van der Waals surface area contributed by atoms with Crippen LogP contribution in [-0.2, 0) is 4.74 Å². The predicted molar refractivity (Wildman–Crippen MR) is 67.5 cm³/mol. The number of hydrogen-bond donors (Lipinski definition) is 0. The Hall–Kier alpha value is -1.49. The van der Waals surface area contributed by atoms with Gasteiger partial charge in [0.05, 0.1) is 18.3 Å². The summed E-state index contributed by atoms with van der Waals surface area (Å²) in [4.78, 5) is 12.8. The Kier molecular flexibility index (Phi) is 3.68. The van der Waals surface area contributed by atoms with Crippen LogP contribution in [0.15, 0.2) is 29.4 Å². The lowest BCUT2D eigenvalue weighted by Gasteiger charge is -2.02. The average Bonchev–Trinajstić information content (AvgIpc) is 2.73. The lowest BCUT2D eigenvalue weighted by molar-refractivity contribution is 0.0528. The molecule has 0 aromatic carbocycles. The van der Waals surface area contributed by atoms with Crippen LogP contribution in [0.1, 0.15) is 24.2 Å². The third kappa shape index (κ3) is 2.44. The van der Waals surface area contributed by atoms with Crippen molar-refractivity contribution >= 4 is 23.2 Å². The van der Waals surface area contributed by atoms with Crippen molar-refractivity contribution in [1.29, 1.82) is 0 Å². The van der Waals surface area contributed by atoms with Crippen molar-refractivity contribution in [1.82, 2.24) is 9.61 Å². The third-order valence-corrected chi connectivity index (χ3v) is 3.18. The summed E-state index contributed by atoms with van der Waals surface area (Å²) < 4.78 is 6.68. The van der Waals surface area contributed by atoms with Gasteiger partial charge in [-0.25, -0.2) is 9.31 Å². The number of thioether (sulfide) groups is 1. The number of carbonyl (C=O) groups excluding carboxylic acids is 1. The maximum absolute atomic E-state index is 11.7. The molecule has 0 aliphatic carbocycles. The van der Waals surface area contributed by atoms with Gasteiger partial charge in [0.1, 0.15) is 5.56 Å². The van der Waals surface area contributed by atoms with E-state index in [-0.39, 0.29) is 5.97 Å². The van der Waals surface area contributed by atoms with Crippen LogP contribution in [0.5, 0.6) is 0 Å². The Labute approximate surface area is 104 Å². The zero-order valence-corrected chi connectivity index (χ0v) is 10.7. The number of ether oxygens (including phenoxy) is 1. The summed E-state index contributed by atoms with van der Waals surface area (Å²) in [5.41, 5.74) is 1.31. The molecular formula is C12H14N2O2S. The van der Waals surface area contributed by atoms with Gasteiger partial charge in [-0.1, -0.05) is 6.92 Å². The summed E-state index contributed by atoms with van der Waals surface area (Å²) in [6, 6.07) is 3.95. The minimum absolute atomic E-state index is 0.318. The molecule has 4 nitrogen and oxygen atoms in total. The molecule has 0 N–H and O–H groups in total. The van der Waals surface area contributed by atoms with Gasteiger partial charge < -0.3 is 4.74 Å². The molecule has 17 heavy (non-hydrogen) atoms. The molecule has 5 heteroatoms. The van der Waals surface area contributed by atoms with Crippen molar-refractivity contribution in [3.05, 3.63) is 30.1 Å². The van der Waals surface area contributed by atoms with Crippen molar-refractivity contribution in [2.24, 2.45) is 0 Å². The molecule has 2 rings (SSSR count). The van der Waals surface area contributed by atoms with Gasteiger partial charge in [-0.3, -0.25) is 0 Å². The first kappa shape index (κ1) is 12.0. The van der Waals surface area contributed by atoms with Crippen LogP contribution in [0, 0.1) is 0 Å². The quantitative estimate of drug-likeness (QED) is 0.618. The highest BCUT2D eigenvalue weighted by Gasteiger charge is 2.13. The van der Waals surface area contributed by atoms with E-state index in [9.17, 15) is 4.79 Å². The molecule has 0 unspecified atom stereocenters. The van der Waals surface area contributed by atoms with E-state index in [2.05, 4.69) is 12.0 Å². The fourth-order valence-electron chi connectivity index (χ4n) is 1.58. The molecule has 2 heterocycles. The first-order valence-corrected chi connectivity index (χ1v) is 6.52. The summed E-state index contributed by atoms with van der Waals surface area (Å²) in [7, 11) is 0. The summed E-state index contributed by atoms with van der Waals surface area (Å²) in [6.07, 6.45) is 3.41. The lowest BCUT2D eigenvalue weighted by atomic mass is 10.2. The zero-order chi connectivity index (χ0) is 12.3. The van der Waals surface area contributed by atoms with Crippen molar-refractivity contribution in [3.8, 4) is 0 Å². The maximum atomic E-state index is 11.7. The van der Waals surface area contributed by atoms with Gasteiger partial charge in [0.15, 0.2) is 0 Å². The third-order valence-electron chi connectivity index (χ3n) is 2.30. The first-order valence-electron chi connectivity index (χ1n) is 5.53. The number of aromatic nitrogens is 2. The topological polar surface area (TPSA) is 43.6 Å². The van der Waals surface area contributed by atoms with Gasteiger partial charge in [0.2, 0.25) is 0 Å². The largest absolute Gasteiger partial charge is 0.462 e. The van der Waals surface area contributed by atoms with Crippen LogP contribution in [0.4, 0.5) is 0 Å². The number of fused-ring (bicyclic) bond motifs is 1. The number of nitrogens with zero attached hydrogens (tertiary/aromatic N) is 2. The molecule has 0 saturated heterocycles. The van der Waals surface area contributed by atoms with Gasteiger partial charge in [-0.2, -0.15) is 5.10 Å². The fourth-order valence-corrected chi connectivity index (χ4v) is 2.27. The van der Waals surface area contributed by atoms with Gasteiger partial charge in [-0.05, 0) is 24.8 Å². The van der Waals surface area contributed by atoms with Crippen molar-refractivity contribution in [2.45, 2.75) is 18.7 Å². The standard InChI is InChI=1S/C12H14N2O2S/c1-3-16-12(15)10-8-13-14-6-5-9(17-4-2)7-11(10)14/h5-8H,3-4H2,1-2H3. The highest BCUT2D eigenvalue weighted by molar-refractivity contribution is 7.99. The molecule has 2 aromatic rings. The van der Waals surface area contributed by atoms with Crippen LogP contribution in [-0.4, -0.2) is 27.9 Å². The highest BCUT2D eigenvalue weighted by atomic mass is 32.2. The van der Waals surface area contributed by atoms with Crippen LogP contribution in [0.2, 0.25) is 0 Å². The van der Waals surface area contributed by atoms with E-state index in [1.54, 1.807) is 29.4 Å². The number of esters is 1. The first-order chi connectivity index (χ1) is 8.26. The zero-order valence-electron chi connectivity index (χ0n) is 9.84. The van der Waals surface area contributed by atoms with Gasteiger partial charge in [-0.15, -0.1) is 11.8 Å². The SMILES string of the molecule is CCOC(=O)c1cnn2ccc(SCC)cc12. The predicted octanol–water partition coefficient (Wildman–Crippen LogP) is 2.62. The van der Waals surface area contributed by atoms with Gasteiger partial charge in [0, 0.05) is 11.1 Å². The Morgan fingerprint density at radius 2 is 2.35 bits per heavy atom. The van der Waals surface area contributed by atoms with E-state index in [4.69, 9.17) is 4.74 Å². The second-order valence-corrected chi connectivity index (χ2v) is 4.74. The molecule has 0 fully saturated rings. The summed E-state index contributed by atoms with van der Waals surface area (Å²) >= 11 is 1.73. The van der Waals surface area contributed by atoms with Crippen molar-refractivity contribution in [2.75, 3.05) is 12.4 Å². The number of pyridine rings is 1. The number of rotatable bonds is 4. The monoisotopic (exact) mass is 250 g/mol. The molecular weight excluding hydrogens is 236 g/mol. The molecule has 90 valence electrons. The van der Waals surface area contributed by atoms with E-state index in [0.717, 1.165) is 16.2 Å². The molecule has 0 aliphatic heterocycles. The molecule has 2 aromatic heterocycles. The molecule has 0 aliphatic rings. The summed E-state index contributed by atoms with van der Waals surface area (Å²) in [5, 5.41) is 4.13. The second kappa shape index (κ2) is 5.23. The molecule has 0 radical (unpaired) electrons. The van der Waals surface area contributed by atoms with E-state index in [0.29, 0.717) is 12.2 Å². The van der Waals surface area contributed by atoms with E-state index in [1.807, 2.05) is 18.3 Å². The summed E-state index contributed by atoms with van der Waals surface area (Å²) in [6.45, 7) is 4.26. The molecule has 0 amide bonds. The molecule has 0 atom stereocenters. The van der Waals surface area contributed by atoms with Crippen molar-refractivity contribution < 1.29 is 9.53 Å². The van der Waals surface area contributed by atoms with E-state index < -0.39 is 0 Å². The van der Waals surface area contributed by atoms with Crippen LogP contribution < -0.4 is 0 Å². The van der Waals surface area contributed by atoms with Gasteiger partial charge in [0.25, 0.3) is 0 Å². The summed E-state index contributed by atoms with van der Waals surface area (Å²) in [5.74, 6) is 0.681. The van der Waals surface area contributed by atoms with Crippen molar-refractivity contribution in [3.63, 3.8) is 0 Å². The van der Waals surface area contributed by atoms with Gasteiger partial charge >= 0.3 is 5.97 Å². The number of carbonyl (C=O) groups is 1. The average molecular weight is 250 g/mol. The minimum Gasteiger partial charge on any atom is -0.462 e. The Morgan fingerprint density at radius 1 is 1.53 bits per heavy atom.